The van der Waals surface area contributed by atoms with Gasteiger partial charge in [-0.2, -0.15) is 0 Å². The first-order valence-corrected chi connectivity index (χ1v) is 8.42. The van der Waals surface area contributed by atoms with E-state index in [1.807, 2.05) is 32.0 Å². The lowest BCUT2D eigenvalue weighted by Crippen LogP contribution is -2.35. The largest absolute Gasteiger partial charge is 0.454 e. The molecule has 9 heteroatoms. The van der Waals surface area contributed by atoms with Gasteiger partial charge in [-0.25, -0.2) is 0 Å². The highest BCUT2D eigenvalue weighted by molar-refractivity contribution is 5.89. The molecule has 0 aliphatic carbocycles. The van der Waals surface area contributed by atoms with Gasteiger partial charge in [-0.05, 0) is 31.5 Å². The van der Waals surface area contributed by atoms with E-state index in [1.165, 1.54) is 0 Å². The zero-order chi connectivity index (χ0) is 18.4. The zero-order valence-electron chi connectivity index (χ0n) is 14.7. The van der Waals surface area contributed by atoms with Crippen LogP contribution in [0.15, 0.2) is 22.6 Å². The van der Waals surface area contributed by atoms with Crippen LogP contribution in [0.2, 0.25) is 0 Å². The molecule has 1 aliphatic heterocycles. The van der Waals surface area contributed by atoms with E-state index in [-0.39, 0.29) is 19.2 Å². The Morgan fingerprint density at radius 3 is 2.73 bits per heavy atom. The second-order valence-electron chi connectivity index (χ2n) is 5.42. The van der Waals surface area contributed by atoms with Crippen LogP contribution in [0.1, 0.15) is 36.0 Å². The Hall–Kier alpha value is -2.65. The quantitative estimate of drug-likeness (QED) is 0.669. The Bertz CT molecular complexity index is 742. The van der Waals surface area contributed by atoms with Gasteiger partial charge in [-0.15, -0.1) is 10.2 Å². The second kappa shape index (κ2) is 8.63. The number of benzene rings is 1. The number of nitrogens with zero attached hydrogens (tertiary/aromatic N) is 2. The van der Waals surface area contributed by atoms with Gasteiger partial charge in [-0.1, -0.05) is 6.07 Å². The molecule has 2 heterocycles. The monoisotopic (exact) mass is 363 g/mol. The first-order valence-electron chi connectivity index (χ1n) is 8.42. The van der Waals surface area contributed by atoms with Crippen molar-refractivity contribution in [2.24, 2.45) is 0 Å². The summed E-state index contributed by atoms with van der Waals surface area (Å²) in [5.74, 6) is 1.14. The normalized spacial score (nSPS) is 12.6. The Balaban J connectivity index is 1.56. The summed E-state index contributed by atoms with van der Waals surface area (Å²) in [6.45, 7) is 5.10. The third-order valence-corrected chi connectivity index (χ3v) is 3.59. The smallest absolute Gasteiger partial charge is 0.309 e. The molecule has 0 bridgehead atoms. The summed E-state index contributed by atoms with van der Waals surface area (Å²) in [7, 11) is 0. The highest BCUT2D eigenvalue weighted by Gasteiger charge is 2.18. The van der Waals surface area contributed by atoms with E-state index in [2.05, 4.69) is 15.5 Å². The molecule has 0 saturated heterocycles. The molecule has 0 unspecified atom stereocenters. The lowest BCUT2D eigenvalue weighted by molar-refractivity contribution is -0.131. The minimum absolute atomic E-state index is 0.104. The van der Waals surface area contributed by atoms with Crippen LogP contribution in [-0.4, -0.2) is 48.9 Å². The molecule has 0 fully saturated rings. The van der Waals surface area contributed by atoms with Gasteiger partial charge >= 0.3 is 11.8 Å². The Morgan fingerprint density at radius 2 is 1.96 bits per heavy atom. The van der Waals surface area contributed by atoms with E-state index in [9.17, 15) is 4.79 Å². The van der Waals surface area contributed by atoms with Crippen LogP contribution in [0.25, 0.3) is 0 Å². The molecule has 1 amide bonds. The average Bonchev–Trinajstić information content (AvgIpc) is 3.29. The molecule has 0 spiro atoms. The number of carbonyl (C=O) groups excluding carboxylic acids is 1. The van der Waals surface area contributed by atoms with Crippen molar-refractivity contribution in [3.8, 4) is 11.5 Å². The molecule has 1 aliphatic rings. The van der Waals surface area contributed by atoms with E-state index < -0.39 is 12.2 Å². The molecule has 0 saturated carbocycles. The lowest BCUT2D eigenvalue weighted by Gasteiger charge is -2.16. The number of hydrogen-bond acceptors (Lipinski definition) is 8. The summed E-state index contributed by atoms with van der Waals surface area (Å²) >= 11 is 0. The van der Waals surface area contributed by atoms with Gasteiger partial charge in [0.15, 0.2) is 17.8 Å². The number of fused-ring (bicyclic) bond motifs is 1. The first kappa shape index (κ1) is 18.2. The molecule has 0 radical (unpaired) electrons. The standard InChI is InChI=1S/C17H21N3O6/c1-3-22-15(23-4-2)9-18-16(21)17-20-19-14(26-17)8-11-5-6-12-13(7-11)25-10-24-12/h5-7,15H,3-4,8-10H2,1-2H3,(H,18,21). The molecule has 26 heavy (non-hydrogen) atoms. The van der Waals surface area contributed by atoms with Crippen molar-refractivity contribution >= 4 is 5.91 Å². The number of ether oxygens (including phenoxy) is 4. The van der Waals surface area contributed by atoms with Gasteiger partial charge < -0.3 is 28.7 Å². The van der Waals surface area contributed by atoms with Gasteiger partial charge in [0, 0.05) is 13.2 Å². The van der Waals surface area contributed by atoms with Gasteiger partial charge in [0.1, 0.15) is 0 Å². The van der Waals surface area contributed by atoms with Crippen molar-refractivity contribution in [3.05, 3.63) is 35.5 Å². The Labute approximate surface area is 150 Å². The van der Waals surface area contributed by atoms with E-state index in [0.29, 0.717) is 37.0 Å². The molecule has 1 aromatic heterocycles. The summed E-state index contributed by atoms with van der Waals surface area (Å²) in [5, 5.41) is 10.4. The number of amides is 1. The maximum absolute atomic E-state index is 12.1. The van der Waals surface area contributed by atoms with Crippen LogP contribution < -0.4 is 14.8 Å². The van der Waals surface area contributed by atoms with Gasteiger partial charge in [0.05, 0.1) is 13.0 Å². The molecular formula is C17H21N3O6. The van der Waals surface area contributed by atoms with Gasteiger partial charge in [0.2, 0.25) is 12.7 Å². The third kappa shape index (κ3) is 4.50. The third-order valence-electron chi connectivity index (χ3n) is 3.59. The minimum Gasteiger partial charge on any atom is -0.454 e. The Kier molecular flexibility index (Phi) is 6.03. The van der Waals surface area contributed by atoms with Crippen LogP contribution in [0.3, 0.4) is 0 Å². The molecule has 1 aromatic carbocycles. The molecule has 1 N–H and O–H groups in total. The highest BCUT2D eigenvalue weighted by atomic mass is 16.7. The molecule has 140 valence electrons. The number of hydrogen-bond donors (Lipinski definition) is 1. The molecule has 9 nitrogen and oxygen atoms in total. The van der Waals surface area contributed by atoms with E-state index in [1.54, 1.807) is 0 Å². The van der Waals surface area contributed by atoms with Crippen LogP contribution in [0.5, 0.6) is 11.5 Å². The summed E-state index contributed by atoms with van der Waals surface area (Å²) in [6, 6.07) is 5.55. The summed E-state index contributed by atoms with van der Waals surface area (Å²) in [5.41, 5.74) is 0.914. The fourth-order valence-electron chi connectivity index (χ4n) is 2.43. The average molecular weight is 363 g/mol. The second-order valence-corrected chi connectivity index (χ2v) is 5.42. The molecule has 3 rings (SSSR count). The summed E-state index contributed by atoms with van der Waals surface area (Å²) in [6.07, 6.45) is -0.123. The van der Waals surface area contributed by atoms with Crippen molar-refractivity contribution in [1.82, 2.24) is 15.5 Å². The van der Waals surface area contributed by atoms with E-state index in [0.717, 1.165) is 5.56 Å². The highest BCUT2D eigenvalue weighted by Crippen LogP contribution is 2.32. The molecule has 0 atom stereocenters. The minimum atomic E-state index is -0.509. The van der Waals surface area contributed by atoms with Gasteiger partial charge in [-0.3, -0.25) is 4.79 Å². The number of aromatic nitrogens is 2. The summed E-state index contributed by atoms with van der Waals surface area (Å²) in [4.78, 5) is 12.1. The number of carbonyl (C=O) groups is 1. The Morgan fingerprint density at radius 1 is 1.19 bits per heavy atom. The van der Waals surface area contributed by atoms with Crippen molar-refractivity contribution in [2.45, 2.75) is 26.6 Å². The molecule has 2 aromatic rings. The maximum atomic E-state index is 12.1. The maximum Gasteiger partial charge on any atom is 0.309 e. The van der Waals surface area contributed by atoms with Gasteiger partial charge in [0.25, 0.3) is 0 Å². The zero-order valence-corrected chi connectivity index (χ0v) is 14.7. The van der Waals surface area contributed by atoms with E-state index >= 15 is 0 Å². The number of nitrogens with one attached hydrogen (secondary N) is 1. The lowest BCUT2D eigenvalue weighted by atomic mass is 10.1. The van der Waals surface area contributed by atoms with Crippen molar-refractivity contribution in [2.75, 3.05) is 26.6 Å². The number of rotatable bonds is 9. The summed E-state index contributed by atoms with van der Waals surface area (Å²) < 4.78 is 26.8. The first-order chi connectivity index (χ1) is 12.7. The van der Waals surface area contributed by atoms with Crippen LogP contribution in [-0.2, 0) is 15.9 Å². The van der Waals surface area contributed by atoms with Crippen molar-refractivity contribution in [1.29, 1.82) is 0 Å². The predicted molar refractivity (Wildman–Crippen MR) is 89.0 cm³/mol. The van der Waals surface area contributed by atoms with Crippen LogP contribution in [0, 0.1) is 0 Å². The van der Waals surface area contributed by atoms with Crippen molar-refractivity contribution < 1.29 is 28.2 Å². The van der Waals surface area contributed by atoms with Crippen molar-refractivity contribution in [3.63, 3.8) is 0 Å². The van der Waals surface area contributed by atoms with E-state index in [4.69, 9.17) is 23.4 Å². The fraction of sp³-hybridized carbons (Fsp3) is 0.471. The van der Waals surface area contributed by atoms with Crippen LogP contribution in [0.4, 0.5) is 0 Å². The topological polar surface area (TPSA) is 105 Å². The predicted octanol–water partition coefficient (Wildman–Crippen LogP) is 1.52. The SMILES string of the molecule is CCOC(CNC(=O)c1nnc(Cc2ccc3c(c2)OCO3)o1)OCC. The molecular weight excluding hydrogens is 342 g/mol. The fourth-order valence-corrected chi connectivity index (χ4v) is 2.43. The van der Waals surface area contributed by atoms with Crippen LogP contribution >= 0.6 is 0 Å².